The van der Waals surface area contributed by atoms with Gasteiger partial charge in [-0.25, -0.2) is 0 Å². The van der Waals surface area contributed by atoms with Crippen molar-refractivity contribution in [3.8, 4) is 0 Å². The fourth-order valence-electron chi connectivity index (χ4n) is 3.89. The van der Waals surface area contributed by atoms with Crippen LogP contribution in [0.5, 0.6) is 0 Å². The zero-order chi connectivity index (χ0) is 28.6. The monoisotopic (exact) mass is 534 g/mol. The second kappa shape index (κ2) is 16.5. The summed E-state index contributed by atoms with van der Waals surface area (Å²) in [6, 6.07) is 16.8. The van der Waals surface area contributed by atoms with Crippen molar-refractivity contribution in [2.45, 2.75) is 51.6 Å². The van der Waals surface area contributed by atoms with E-state index in [1.54, 1.807) is 0 Å². The van der Waals surface area contributed by atoms with E-state index in [0.29, 0.717) is 19.1 Å². The third-order valence-corrected chi connectivity index (χ3v) is 5.92. The Hall–Kier alpha value is -4.27. The quantitative estimate of drug-likeness (QED) is 0.245. The Kier molecular flexibility index (Phi) is 13.1. The first-order valence-electron chi connectivity index (χ1n) is 13.0. The molecule has 9 heteroatoms. The molecule has 2 atom stereocenters. The van der Waals surface area contributed by atoms with Crippen LogP contribution in [0.2, 0.25) is 0 Å². The zero-order valence-corrected chi connectivity index (χ0v) is 22.6. The fraction of sp³-hybridized carbons (Fsp3) is 0.367. The molecule has 9 nitrogen and oxygen atoms in total. The molecular weight excluding hydrogens is 496 g/mol. The topological polar surface area (TPSA) is 133 Å². The van der Waals surface area contributed by atoms with Crippen molar-refractivity contribution >= 4 is 35.5 Å². The van der Waals surface area contributed by atoms with E-state index in [2.05, 4.69) is 27.8 Å². The highest BCUT2D eigenvalue weighted by molar-refractivity contribution is 5.93. The molecule has 0 heterocycles. The van der Waals surface area contributed by atoms with Crippen LogP contribution in [0, 0.1) is 5.92 Å². The number of carbonyl (C=O) groups excluding carboxylic acids is 5. The maximum Gasteiger partial charge on any atom is 0.243 e. The highest BCUT2D eigenvalue weighted by Gasteiger charge is 2.27. The second-order valence-corrected chi connectivity index (χ2v) is 9.66. The Morgan fingerprint density at radius 3 is 2.05 bits per heavy atom. The van der Waals surface area contributed by atoms with E-state index < -0.39 is 29.8 Å². The first-order chi connectivity index (χ1) is 18.7. The third-order valence-electron chi connectivity index (χ3n) is 5.92. The van der Waals surface area contributed by atoms with Gasteiger partial charge in [-0.2, -0.15) is 0 Å². The van der Waals surface area contributed by atoms with E-state index in [9.17, 15) is 24.0 Å². The average molecular weight is 535 g/mol. The normalized spacial score (nSPS) is 12.1. The summed E-state index contributed by atoms with van der Waals surface area (Å²) in [4.78, 5) is 61.5. The minimum Gasteiger partial charge on any atom is -0.348 e. The van der Waals surface area contributed by atoms with Gasteiger partial charge in [0.05, 0.1) is 13.1 Å². The van der Waals surface area contributed by atoms with Crippen molar-refractivity contribution < 1.29 is 24.0 Å². The van der Waals surface area contributed by atoms with E-state index in [4.69, 9.17) is 0 Å². The molecule has 0 aliphatic heterocycles. The van der Waals surface area contributed by atoms with Gasteiger partial charge >= 0.3 is 0 Å². The first-order valence-corrected chi connectivity index (χ1v) is 13.0. The van der Waals surface area contributed by atoms with Crippen LogP contribution in [0.1, 0.15) is 44.2 Å². The molecule has 2 aromatic rings. The van der Waals surface area contributed by atoms with Crippen LogP contribution >= 0.6 is 0 Å². The number of aldehydes is 1. The predicted octanol–water partition coefficient (Wildman–Crippen LogP) is 2.17. The molecule has 0 aliphatic carbocycles. The predicted molar refractivity (Wildman–Crippen MR) is 150 cm³/mol. The Morgan fingerprint density at radius 1 is 0.795 bits per heavy atom. The second-order valence-electron chi connectivity index (χ2n) is 9.66. The summed E-state index contributed by atoms with van der Waals surface area (Å²) < 4.78 is 0. The molecule has 0 aromatic heterocycles. The average Bonchev–Trinajstić information content (AvgIpc) is 2.93. The van der Waals surface area contributed by atoms with Gasteiger partial charge in [0, 0.05) is 12.8 Å². The summed E-state index contributed by atoms with van der Waals surface area (Å²) in [5.74, 6) is -1.77. The summed E-state index contributed by atoms with van der Waals surface area (Å²) in [5, 5.41) is 10.5. The number of amides is 4. The molecule has 0 saturated heterocycles. The Morgan fingerprint density at radius 2 is 1.44 bits per heavy atom. The van der Waals surface area contributed by atoms with Gasteiger partial charge < -0.3 is 26.1 Å². The fourth-order valence-corrected chi connectivity index (χ4v) is 3.89. The minimum absolute atomic E-state index is 0.0904. The number of benzene rings is 2. The summed E-state index contributed by atoms with van der Waals surface area (Å²) in [5.41, 5.74) is 2.59. The van der Waals surface area contributed by atoms with Crippen LogP contribution in [0.25, 0.3) is 5.57 Å². The minimum atomic E-state index is -0.983. The number of hydrogen-bond donors (Lipinski definition) is 4. The SMILES string of the molecule is C=C(CCC(=O)NCC(=O)NC(Cc1ccccc1)C(=O)NC(CC(C)C)C(=O)NCC=O)c1ccccc1. The first kappa shape index (κ1) is 31.0. The van der Waals surface area contributed by atoms with E-state index in [-0.39, 0.29) is 37.8 Å². The molecule has 208 valence electrons. The standard InChI is InChI=1S/C30H38N4O5/c1-21(2)18-25(29(38)31-16-17-35)34-30(39)26(19-23-10-6-4-7-11-23)33-28(37)20-32-27(36)15-14-22(3)24-12-8-5-9-13-24/h4-13,17,21,25-26H,3,14-16,18-20H2,1-2H3,(H,31,38)(H,32,36)(H,33,37)(H,34,39). The maximum absolute atomic E-state index is 13.2. The van der Waals surface area contributed by atoms with Gasteiger partial charge in [-0.3, -0.25) is 19.2 Å². The van der Waals surface area contributed by atoms with Gasteiger partial charge in [0.2, 0.25) is 23.6 Å². The van der Waals surface area contributed by atoms with E-state index in [1.165, 1.54) is 0 Å². The number of allylic oxidation sites excluding steroid dienone is 1. The lowest BCUT2D eigenvalue weighted by Gasteiger charge is -2.24. The van der Waals surface area contributed by atoms with Crippen LogP contribution in [-0.2, 0) is 30.4 Å². The number of carbonyl (C=O) groups is 5. The zero-order valence-electron chi connectivity index (χ0n) is 22.6. The molecule has 0 bridgehead atoms. The molecule has 4 N–H and O–H groups in total. The Labute approximate surface area is 229 Å². The lowest BCUT2D eigenvalue weighted by atomic mass is 10.0. The van der Waals surface area contributed by atoms with Crippen LogP contribution in [0.15, 0.2) is 67.2 Å². The molecule has 2 unspecified atom stereocenters. The van der Waals surface area contributed by atoms with Gasteiger partial charge in [-0.1, -0.05) is 81.1 Å². The van der Waals surface area contributed by atoms with Crippen molar-refractivity contribution in [3.05, 3.63) is 78.4 Å². The van der Waals surface area contributed by atoms with Crippen molar-refractivity contribution in [2.24, 2.45) is 5.92 Å². The number of hydrogen-bond acceptors (Lipinski definition) is 5. The van der Waals surface area contributed by atoms with Crippen molar-refractivity contribution in [3.63, 3.8) is 0 Å². The van der Waals surface area contributed by atoms with E-state index >= 15 is 0 Å². The van der Waals surface area contributed by atoms with Crippen molar-refractivity contribution in [2.75, 3.05) is 13.1 Å². The molecule has 2 aromatic carbocycles. The molecule has 0 saturated carbocycles. The molecule has 4 amide bonds. The molecule has 0 spiro atoms. The smallest absolute Gasteiger partial charge is 0.243 e. The van der Waals surface area contributed by atoms with E-state index in [0.717, 1.165) is 16.7 Å². The van der Waals surface area contributed by atoms with Crippen LogP contribution in [0.3, 0.4) is 0 Å². The molecule has 0 aliphatic rings. The Balaban J connectivity index is 1.99. The highest BCUT2D eigenvalue weighted by atomic mass is 16.2. The van der Waals surface area contributed by atoms with Gasteiger partial charge in [0.15, 0.2) is 0 Å². The van der Waals surface area contributed by atoms with Crippen LogP contribution in [-0.4, -0.2) is 55.1 Å². The molecule has 2 rings (SSSR count). The number of nitrogens with one attached hydrogen (secondary N) is 4. The van der Waals surface area contributed by atoms with Gasteiger partial charge in [-0.05, 0) is 35.5 Å². The number of rotatable bonds is 16. The lowest BCUT2D eigenvalue weighted by Crippen LogP contribution is -2.55. The summed E-state index contributed by atoms with van der Waals surface area (Å²) >= 11 is 0. The molecule has 0 fully saturated rings. The van der Waals surface area contributed by atoms with Crippen LogP contribution in [0.4, 0.5) is 0 Å². The third kappa shape index (κ3) is 11.8. The molecule has 0 radical (unpaired) electrons. The lowest BCUT2D eigenvalue weighted by molar-refractivity contribution is -0.132. The summed E-state index contributed by atoms with van der Waals surface area (Å²) in [6.07, 6.45) is 1.72. The van der Waals surface area contributed by atoms with Gasteiger partial charge in [0.25, 0.3) is 0 Å². The van der Waals surface area contributed by atoms with Crippen molar-refractivity contribution in [1.82, 2.24) is 21.3 Å². The molecular formula is C30H38N4O5. The van der Waals surface area contributed by atoms with Gasteiger partial charge in [0.1, 0.15) is 18.4 Å². The van der Waals surface area contributed by atoms with Gasteiger partial charge in [-0.15, -0.1) is 0 Å². The maximum atomic E-state index is 13.2. The highest BCUT2D eigenvalue weighted by Crippen LogP contribution is 2.17. The van der Waals surface area contributed by atoms with Crippen LogP contribution < -0.4 is 21.3 Å². The largest absolute Gasteiger partial charge is 0.348 e. The van der Waals surface area contributed by atoms with E-state index in [1.807, 2.05) is 74.5 Å². The Bertz CT molecular complexity index is 1120. The van der Waals surface area contributed by atoms with Crippen molar-refractivity contribution in [1.29, 1.82) is 0 Å². The molecule has 39 heavy (non-hydrogen) atoms. The summed E-state index contributed by atoms with van der Waals surface area (Å²) in [7, 11) is 0. The summed E-state index contributed by atoms with van der Waals surface area (Å²) in [6.45, 7) is 7.37.